The monoisotopic (exact) mass is 294 g/mol. The molecule has 0 unspecified atom stereocenters. The third-order valence-corrected chi connectivity index (χ3v) is 5.03. The van der Waals surface area contributed by atoms with E-state index in [9.17, 15) is 8.42 Å². The van der Waals surface area contributed by atoms with E-state index < -0.39 is 10.0 Å². The highest BCUT2D eigenvalue weighted by atomic mass is 32.2. The summed E-state index contributed by atoms with van der Waals surface area (Å²) in [5.41, 5.74) is 1.11. The van der Waals surface area contributed by atoms with Gasteiger partial charge >= 0.3 is 0 Å². The van der Waals surface area contributed by atoms with E-state index in [1.807, 2.05) is 19.1 Å². The Morgan fingerprint density at radius 1 is 1.25 bits per heavy atom. The molecule has 0 aliphatic carbocycles. The van der Waals surface area contributed by atoms with Gasteiger partial charge in [-0.1, -0.05) is 19.1 Å². The lowest BCUT2D eigenvalue weighted by molar-refractivity contribution is 0.450. The van der Waals surface area contributed by atoms with E-state index in [1.165, 1.54) is 11.4 Å². The highest BCUT2D eigenvalue weighted by molar-refractivity contribution is 7.89. The molecular formula is C13H18N4O2S. The maximum atomic E-state index is 12.4. The van der Waals surface area contributed by atoms with Gasteiger partial charge in [-0.15, -0.1) is 10.2 Å². The van der Waals surface area contributed by atoms with Crippen LogP contribution < -0.4 is 0 Å². The standard InChI is InChI=1S/C13H18N4O2S/c1-4-11-5-7-12(8-6-11)20(18,19)17(3)9-13-15-14-10-16(13)2/h5-8,10H,4,9H2,1-3H3. The van der Waals surface area contributed by atoms with E-state index in [4.69, 9.17) is 0 Å². The van der Waals surface area contributed by atoms with Crippen LogP contribution in [0.2, 0.25) is 0 Å². The zero-order chi connectivity index (χ0) is 14.8. The van der Waals surface area contributed by atoms with Crippen LogP contribution in [0.4, 0.5) is 0 Å². The number of aryl methyl sites for hydroxylation is 2. The van der Waals surface area contributed by atoms with Crippen molar-refractivity contribution in [3.8, 4) is 0 Å². The van der Waals surface area contributed by atoms with Crippen LogP contribution >= 0.6 is 0 Å². The number of benzene rings is 1. The van der Waals surface area contributed by atoms with Gasteiger partial charge in [-0.2, -0.15) is 4.31 Å². The summed E-state index contributed by atoms with van der Waals surface area (Å²) in [6.45, 7) is 2.22. The van der Waals surface area contributed by atoms with Crippen molar-refractivity contribution in [1.29, 1.82) is 0 Å². The highest BCUT2D eigenvalue weighted by Gasteiger charge is 2.22. The molecule has 0 saturated heterocycles. The Kier molecular flexibility index (Phi) is 4.20. The summed E-state index contributed by atoms with van der Waals surface area (Å²) >= 11 is 0. The maximum Gasteiger partial charge on any atom is 0.243 e. The molecule has 0 N–H and O–H groups in total. The van der Waals surface area contributed by atoms with Gasteiger partial charge in [0, 0.05) is 14.1 Å². The van der Waals surface area contributed by atoms with Crippen LogP contribution in [-0.2, 0) is 30.0 Å². The predicted molar refractivity (Wildman–Crippen MR) is 75.5 cm³/mol. The minimum atomic E-state index is -3.50. The van der Waals surface area contributed by atoms with Gasteiger partial charge in [-0.3, -0.25) is 0 Å². The molecule has 1 aromatic heterocycles. The van der Waals surface area contributed by atoms with Crippen molar-refractivity contribution in [2.75, 3.05) is 7.05 Å². The Labute approximate surface area is 119 Å². The van der Waals surface area contributed by atoms with E-state index in [2.05, 4.69) is 10.2 Å². The van der Waals surface area contributed by atoms with Gasteiger partial charge in [0.05, 0.1) is 11.4 Å². The van der Waals surface area contributed by atoms with Crippen molar-refractivity contribution >= 4 is 10.0 Å². The molecule has 0 bridgehead atoms. The Hall–Kier alpha value is -1.73. The Morgan fingerprint density at radius 2 is 1.90 bits per heavy atom. The zero-order valence-electron chi connectivity index (χ0n) is 11.8. The van der Waals surface area contributed by atoms with Crippen molar-refractivity contribution in [3.63, 3.8) is 0 Å². The van der Waals surface area contributed by atoms with Crippen molar-refractivity contribution in [3.05, 3.63) is 42.0 Å². The number of nitrogens with zero attached hydrogens (tertiary/aromatic N) is 4. The highest BCUT2D eigenvalue weighted by Crippen LogP contribution is 2.17. The van der Waals surface area contributed by atoms with Gasteiger partial charge in [-0.25, -0.2) is 8.42 Å². The van der Waals surface area contributed by atoms with Gasteiger partial charge in [0.2, 0.25) is 10.0 Å². The first kappa shape index (κ1) is 14.7. The van der Waals surface area contributed by atoms with Crippen LogP contribution in [0.1, 0.15) is 18.3 Å². The second-order valence-electron chi connectivity index (χ2n) is 4.62. The van der Waals surface area contributed by atoms with Crippen LogP contribution in [0.3, 0.4) is 0 Å². The summed E-state index contributed by atoms with van der Waals surface area (Å²) in [5, 5.41) is 7.64. The molecule has 0 aliphatic rings. The molecule has 108 valence electrons. The molecule has 0 aliphatic heterocycles. The zero-order valence-corrected chi connectivity index (χ0v) is 12.6. The largest absolute Gasteiger partial charge is 0.320 e. The smallest absolute Gasteiger partial charge is 0.243 e. The molecule has 0 fully saturated rings. The van der Waals surface area contributed by atoms with Crippen molar-refractivity contribution in [2.45, 2.75) is 24.8 Å². The number of sulfonamides is 1. The molecule has 2 aromatic rings. The summed E-state index contributed by atoms with van der Waals surface area (Å²) < 4.78 is 27.9. The normalized spacial score (nSPS) is 12.0. The van der Waals surface area contributed by atoms with Gasteiger partial charge in [-0.05, 0) is 24.1 Å². The fraction of sp³-hybridized carbons (Fsp3) is 0.385. The molecule has 0 radical (unpaired) electrons. The third kappa shape index (κ3) is 2.88. The Morgan fingerprint density at radius 3 is 2.40 bits per heavy atom. The third-order valence-electron chi connectivity index (χ3n) is 3.21. The van der Waals surface area contributed by atoms with E-state index in [-0.39, 0.29) is 6.54 Å². The first-order chi connectivity index (χ1) is 9.45. The van der Waals surface area contributed by atoms with Crippen molar-refractivity contribution < 1.29 is 8.42 Å². The van der Waals surface area contributed by atoms with Crippen LogP contribution in [0, 0.1) is 0 Å². The number of hydrogen-bond acceptors (Lipinski definition) is 4. The Balaban J connectivity index is 2.22. The minimum absolute atomic E-state index is 0.189. The van der Waals surface area contributed by atoms with E-state index in [0.717, 1.165) is 12.0 Å². The SMILES string of the molecule is CCc1ccc(S(=O)(=O)N(C)Cc2nncn2C)cc1. The van der Waals surface area contributed by atoms with Crippen molar-refractivity contribution in [2.24, 2.45) is 7.05 Å². The topological polar surface area (TPSA) is 68.1 Å². The minimum Gasteiger partial charge on any atom is -0.320 e. The van der Waals surface area contributed by atoms with E-state index >= 15 is 0 Å². The van der Waals surface area contributed by atoms with E-state index in [1.54, 1.807) is 30.1 Å². The average molecular weight is 294 g/mol. The summed E-state index contributed by atoms with van der Waals surface area (Å²) in [6, 6.07) is 6.95. The maximum absolute atomic E-state index is 12.4. The molecule has 7 heteroatoms. The molecule has 0 saturated carbocycles. The second kappa shape index (κ2) is 5.72. The Bertz CT molecular complexity index is 677. The van der Waals surface area contributed by atoms with Gasteiger partial charge in [0.1, 0.15) is 12.2 Å². The van der Waals surface area contributed by atoms with Crippen LogP contribution in [0.15, 0.2) is 35.5 Å². The molecular weight excluding hydrogens is 276 g/mol. The molecule has 20 heavy (non-hydrogen) atoms. The molecule has 0 spiro atoms. The lowest BCUT2D eigenvalue weighted by Gasteiger charge is -2.16. The van der Waals surface area contributed by atoms with Gasteiger partial charge < -0.3 is 4.57 Å². The summed E-state index contributed by atoms with van der Waals surface area (Å²) in [5.74, 6) is 0.598. The summed E-state index contributed by atoms with van der Waals surface area (Å²) in [6.07, 6.45) is 2.43. The molecule has 0 atom stereocenters. The first-order valence-electron chi connectivity index (χ1n) is 6.33. The number of hydrogen-bond donors (Lipinski definition) is 0. The summed E-state index contributed by atoms with van der Waals surface area (Å²) in [7, 11) is -0.182. The molecule has 1 aromatic carbocycles. The number of rotatable bonds is 5. The van der Waals surface area contributed by atoms with Gasteiger partial charge in [0.15, 0.2) is 0 Å². The predicted octanol–water partition coefficient (Wildman–Crippen LogP) is 1.20. The van der Waals surface area contributed by atoms with E-state index in [0.29, 0.717) is 10.7 Å². The van der Waals surface area contributed by atoms with Crippen molar-refractivity contribution in [1.82, 2.24) is 19.1 Å². The lowest BCUT2D eigenvalue weighted by atomic mass is 10.2. The number of aromatic nitrogens is 3. The lowest BCUT2D eigenvalue weighted by Crippen LogP contribution is -2.27. The molecule has 0 amide bonds. The molecule has 1 heterocycles. The van der Waals surface area contributed by atoms with Crippen LogP contribution in [-0.4, -0.2) is 34.5 Å². The molecule has 2 rings (SSSR count). The fourth-order valence-corrected chi connectivity index (χ4v) is 2.94. The second-order valence-corrected chi connectivity index (χ2v) is 6.66. The van der Waals surface area contributed by atoms with Crippen LogP contribution in [0.25, 0.3) is 0 Å². The molecule has 6 nitrogen and oxygen atoms in total. The van der Waals surface area contributed by atoms with Gasteiger partial charge in [0.25, 0.3) is 0 Å². The first-order valence-corrected chi connectivity index (χ1v) is 7.77. The average Bonchev–Trinajstić information content (AvgIpc) is 2.84. The summed E-state index contributed by atoms with van der Waals surface area (Å²) in [4.78, 5) is 0.291. The quantitative estimate of drug-likeness (QED) is 0.831. The van der Waals surface area contributed by atoms with Crippen LogP contribution in [0.5, 0.6) is 0 Å². The fourth-order valence-electron chi connectivity index (χ4n) is 1.81.